The van der Waals surface area contributed by atoms with Gasteiger partial charge in [0.05, 0.1) is 12.7 Å². The molecule has 20 heavy (non-hydrogen) atoms. The fourth-order valence-electron chi connectivity index (χ4n) is 2.71. The maximum Gasteiger partial charge on any atom is 0.119 e. The first-order valence-corrected chi connectivity index (χ1v) is 7.51. The van der Waals surface area contributed by atoms with Crippen molar-refractivity contribution in [3.63, 3.8) is 0 Å². The number of aliphatic hydroxyl groups excluding tert-OH is 1. The average Bonchev–Trinajstić information content (AvgIpc) is 2.45. The summed E-state index contributed by atoms with van der Waals surface area (Å²) in [6.07, 6.45) is 1.60. The van der Waals surface area contributed by atoms with E-state index < -0.39 is 0 Å². The molecule has 0 spiro atoms. The predicted molar refractivity (Wildman–Crippen MR) is 82.2 cm³/mol. The van der Waals surface area contributed by atoms with Gasteiger partial charge in [-0.2, -0.15) is 0 Å². The molecule has 2 rings (SSSR count). The van der Waals surface area contributed by atoms with Gasteiger partial charge >= 0.3 is 0 Å². The molecule has 1 heterocycles. The van der Waals surface area contributed by atoms with Gasteiger partial charge < -0.3 is 20.5 Å². The lowest BCUT2D eigenvalue weighted by atomic mass is 9.90. The zero-order chi connectivity index (χ0) is 14.5. The Hall–Kier alpha value is -1.26. The van der Waals surface area contributed by atoms with Crippen LogP contribution in [0.2, 0.25) is 0 Å². The summed E-state index contributed by atoms with van der Waals surface area (Å²) in [7, 11) is 0. The Morgan fingerprint density at radius 2 is 2.05 bits per heavy atom. The quantitative estimate of drug-likeness (QED) is 0.865. The van der Waals surface area contributed by atoms with E-state index in [2.05, 4.69) is 24.0 Å². The van der Waals surface area contributed by atoms with Crippen LogP contribution in [0.25, 0.3) is 0 Å². The smallest absolute Gasteiger partial charge is 0.119 e. The van der Waals surface area contributed by atoms with Crippen LogP contribution in [0.1, 0.15) is 26.7 Å². The van der Waals surface area contributed by atoms with Gasteiger partial charge in [0.1, 0.15) is 5.75 Å². The third-order valence-corrected chi connectivity index (χ3v) is 3.87. The van der Waals surface area contributed by atoms with Gasteiger partial charge in [0.25, 0.3) is 0 Å². The molecule has 1 aliphatic rings. The van der Waals surface area contributed by atoms with Gasteiger partial charge in [0.2, 0.25) is 0 Å². The molecule has 3 unspecified atom stereocenters. The topological polar surface area (TPSA) is 58.7 Å². The lowest BCUT2D eigenvalue weighted by Gasteiger charge is -2.39. The van der Waals surface area contributed by atoms with E-state index in [4.69, 9.17) is 10.5 Å². The highest BCUT2D eigenvalue weighted by atomic mass is 16.5. The number of anilines is 1. The zero-order valence-electron chi connectivity index (χ0n) is 12.5. The highest BCUT2D eigenvalue weighted by Gasteiger charge is 2.28. The van der Waals surface area contributed by atoms with Crippen LogP contribution in [0.3, 0.4) is 0 Å². The maximum absolute atomic E-state index is 9.80. The molecule has 4 nitrogen and oxygen atoms in total. The molecule has 0 bridgehead atoms. The van der Waals surface area contributed by atoms with E-state index in [-0.39, 0.29) is 18.1 Å². The van der Waals surface area contributed by atoms with Crippen molar-refractivity contribution >= 4 is 5.69 Å². The second-order valence-corrected chi connectivity index (χ2v) is 5.74. The standard InChI is InChI=1S/C16H26N2O2/c1-3-8-20-16-6-4-15(5-7-16)18-10-13(12(2)19)9-14(17)11-18/h4-7,12-14,19H,3,8-11,17H2,1-2H3. The van der Waals surface area contributed by atoms with Crippen LogP contribution in [0.15, 0.2) is 24.3 Å². The van der Waals surface area contributed by atoms with Crippen LogP contribution in [-0.2, 0) is 0 Å². The lowest BCUT2D eigenvalue weighted by molar-refractivity contribution is 0.110. The average molecular weight is 278 g/mol. The molecule has 3 N–H and O–H groups in total. The van der Waals surface area contributed by atoms with Crippen molar-refractivity contribution in [3.05, 3.63) is 24.3 Å². The van der Waals surface area contributed by atoms with Crippen molar-refractivity contribution in [1.29, 1.82) is 0 Å². The van der Waals surface area contributed by atoms with E-state index >= 15 is 0 Å². The minimum Gasteiger partial charge on any atom is -0.494 e. The van der Waals surface area contributed by atoms with Gasteiger partial charge in [0.15, 0.2) is 0 Å². The number of hydrogen-bond donors (Lipinski definition) is 2. The van der Waals surface area contributed by atoms with E-state index in [1.54, 1.807) is 0 Å². The summed E-state index contributed by atoms with van der Waals surface area (Å²) < 4.78 is 5.59. The molecule has 1 aromatic rings. The van der Waals surface area contributed by atoms with E-state index in [1.807, 2.05) is 19.1 Å². The summed E-state index contributed by atoms with van der Waals surface area (Å²) in [6, 6.07) is 8.27. The van der Waals surface area contributed by atoms with Gasteiger partial charge in [-0.05, 0) is 44.0 Å². The Morgan fingerprint density at radius 3 is 2.65 bits per heavy atom. The normalized spacial score (nSPS) is 24.5. The Bertz CT molecular complexity index is 405. The second kappa shape index (κ2) is 6.95. The van der Waals surface area contributed by atoms with Crippen molar-refractivity contribution in [3.8, 4) is 5.75 Å². The number of piperidine rings is 1. The SMILES string of the molecule is CCCOc1ccc(N2CC(N)CC(C(C)O)C2)cc1. The number of aliphatic hydroxyl groups is 1. The van der Waals surface area contributed by atoms with Gasteiger partial charge in [-0.15, -0.1) is 0 Å². The van der Waals surface area contributed by atoms with Gasteiger partial charge in [-0.1, -0.05) is 6.92 Å². The summed E-state index contributed by atoms with van der Waals surface area (Å²) >= 11 is 0. The van der Waals surface area contributed by atoms with Crippen LogP contribution in [0.5, 0.6) is 5.75 Å². The van der Waals surface area contributed by atoms with Crippen LogP contribution >= 0.6 is 0 Å². The summed E-state index contributed by atoms with van der Waals surface area (Å²) in [5, 5.41) is 9.80. The van der Waals surface area contributed by atoms with Crippen molar-refractivity contribution in [2.75, 3.05) is 24.6 Å². The first kappa shape index (κ1) is 15.1. The minimum absolute atomic E-state index is 0.124. The highest BCUT2D eigenvalue weighted by molar-refractivity contribution is 5.49. The molecule has 1 aromatic carbocycles. The number of ether oxygens (including phenoxy) is 1. The number of nitrogens with two attached hydrogens (primary N) is 1. The molecule has 1 aliphatic heterocycles. The number of hydrogen-bond acceptors (Lipinski definition) is 4. The van der Waals surface area contributed by atoms with Crippen LogP contribution in [-0.4, -0.2) is 36.9 Å². The van der Waals surface area contributed by atoms with Crippen LogP contribution in [0, 0.1) is 5.92 Å². The number of nitrogens with zero attached hydrogens (tertiary/aromatic N) is 1. The lowest BCUT2D eigenvalue weighted by Crippen LogP contribution is -2.49. The third-order valence-electron chi connectivity index (χ3n) is 3.87. The summed E-state index contributed by atoms with van der Waals surface area (Å²) in [5.41, 5.74) is 7.26. The Labute approximate surface area is 121 Å². The maximum atomic E-state index is 9.80. The summed E-state index contributed by atoms with van der Waals surface area (Å²) in [4.78, 5) is 2.26. The fraction of sp³-hybridized carbons (Fsp3) is 0.625. The summed E-state index contributed by atoms with van der Waals surface area (Å²) in [5.74, 6) is 1.15. The molecule has 0 aromatic heterocycles. The zero-order valence-corrected chi connectivity index (χ0v) is 12.5. The molecule has 112 valence electrons. The molecule has 0 amide bonds. The Kier molecular flexibility index (Phi) is 5.26. The van der Waals surface area contributed by atoms with E-state index in [0.717, 1.165) is 44.0 Å². The first-order chi connectivity index (χ1) is 9.60. The summed E-state index contributed by atoms with van der Waals surface area (Å²) in [6.45, 7) is 6.40. The van der Waals surface area contributed by atoms with Crippen molar-refractivity contribution < 1.29 is 9.84 Å². The van der Waals surface area contributed by atoms with E-state index in [0.29, 0.717) is 0 Å². The Morgan fingerprint density at radius 1 is 1.35 bits per heavy atom. The third kappa shape index (κ3) is 3.87. The van der Waals surface area contributed by atoms with Gasteiger partial charge in [0, 0.05) is 30.7 Å². The van der Waals surface area contributed by atoms with Crippen LogP contribution < -0.4 is 15.4 Å². The molecule has 0 saturated carbocycles. The second-order valence-electron chi connectivity index (χ2n) is 5.74. The van der Waals surface area contributed by atoms with Gasteiger partial charge in [-0.25, -0.2) is 0 Å². The van der Waals surface area contributed by atoms with Crippen LogP contribution in [0.4, 0.5) is 5.69 Å². The minimum atomic E-state index is -0.309. The monoisotopic (exact) mass is 278 g/mol. The number of rotatable bonds is 5. The highest BCUT2D eigenvalue weighted by Crippen LogP contribution is 2.26. The predicted octanol–water partition coefficient (Wildman–Crippen LogP) is 2.01. The molecule has 1 fully saturated rings. The molecule has 3 atom stereocenters. The van der Waals surface area contributed by atoms with Crippen molar-refractivity contribution in [2.45, 2.75) is 38.8 Å². The van der Waals surface area contributed by atoms with Gasteiger partial charge in [-0.3, -0.25) is 0 Å². The molecule has 0 aliphatic carbocycles. The van der Waals surface area contributed by atoms with E-state index in [9.17, 15) is 5.11 Å². The van der Waals surface area contributed by atoms with Crippen molar-refractivity contribution in [2.24, 2.45) is 11.7 Å². The largest absolute Gasteiger partial charge is 0.494 e. The molecule has 0 radical (unpaired) electrons. The van der Waals surface area contributed by atoms with E-state index in [1.165, 1.54) is 0 Å². The first-order valence-electron chi connectivity index (χ1n) is 7.51. The molecule has 1 saturated heterocycles. The fourth-order valence-corrected chi connectivity index (χ4v) is 2.71. The van der Waals surface area contributed by atoms with Crippen molar-refractivity contribution in [1.82, 2.24) is 0 Å². The molecular formula is C16H26N2O2. The number of benzene rings is 1. The Balaban J connectivity index is 2.02. The molecular weight excluding hydrogens is 252 g/mol. The molecule has 4 heteroatoms.